The van der Waals surface area contributed by atoms with Crippen LogP contribution in [0.3, 0.4) is 0 Å². The number of rotatable bonds is 5. The smallest absolute Gasteiger partial charge is 0.243 e. The molecule has 0 bridgehead atoms. The molecule has 2 unspecified atom stereocenters. The Labute approximate surface area is 115 Å². The topological polar surface area (TPSA) is 57.4 Å². The van der Waals surface area contributed by atoms with Crippen LogP contribution < -0.4 is 5.32 Å². The molecule has 0 saturated carbocycles. The van der Waals surface area contributed by atoms with Crippen molar-refractivity contribution in [3.8, 4) is 0 Å². The van der Waals surface area contributed by atoms with Crippen LogP contribution in [0.4, 0.5) is 0 Å². The molecule has 1 N–H and O–H groups in total. The maximum absolute atomic E-state index is 5.33. The minimum absolute atomic E-state index is 0.123. The SMILES string of the molecule is CCNC(C)c1nc(CC2CN(C)CCN2C)no1. The highest BCUT2D eigenvalue weighted by Gasteiger charge is 2.24. The normalized spacial score (nSPS) is 23.7. The summed E-state index contributed by atoms with van der Waals surface area (Å²) in [6.45, 7) is 8.29. The fraction of sp³-hybridized carbons (Fsp3) is 0.846. The average Bonchev–Trinajstić information content (AvgIpc) is 2.83. The predicted octanol–water partition coefficient (Wildman–Crippen LogP) is 0.528. The Balaban J connectivity index is 1.95. The number of aromatic nitrogens is 2. The molecule has 2 atom stereocenters. The third-order valence-electron chi connectivity index (χ3n) is 3.76. The lowest BCUT2D eigenvalue weighted by atomic mass is 10.1. The molecular weight excluding hydrogens is 242 g/mol. The average molecular weight is 267 g/mol. The maximum atomic E-state index is 5.33. The summed E-state index contributed by atoms with van der Waals surface area (Å²) in [5.74, 6) is 1.50. The number of nitrogens with zero attached hydrogens (tertiary/aromatic N) is 4. The van der Waals surface area contributed by atoms with Crippen molar-refractivity contribution in [1.82, 2.24) is 25.3 Å². The van der Waals surface area contributed by atoms with Gasteiger partial charge in [0.1, 0.15) is 0 Å². The van der Waals surface area contributed by atoms with E-state index in [0.717, 1.165) is 38.4 Å². The van der Waals surface area contributed by atoms with Crippen LogP contribution in [0.5, 0.6) is 0 Å². The van der Waals surface area contributed by atoms with Crippen LogP contribution in [0, 0.1) is 0 Å². The molecule has 0 aliphatic carbocycles. The summed E-state index contributed by atoms with van der Waals surface area (Å²) in [5.41, 5.74) is 0. The van der Waals surface area contributed by atoms with Crippen molar-refractivity contribution in [3.63, 3.8) is 0 Å². The minimum Gasteiger partial charge on any atom is -0.338 e. The van der Waals surface area contributed by atoms with Gasteiger partial charge in [0.05, 0.1) is 6.04 Å². The van der Waals surface area contributed by atoms with Gasteiger partial charge < -0.3 is 19.6 Å². The molecule has 0 aromatic carbocycles. The van der Waals surface area contributed by atoms with Crippen molar-refractivity contribution in [3.05, 3.63) is 11.7 Å². The van der Waals surface area contributed by atoms with E-state index < -0.39 is 0 Å². The second-order valence-corrected chi connectivity index (χ2v) is 5.43. The molecule has 19 heavy (non-hydrogen) atoms. The van der Waals surface area contributed by atoms with Crippen molar-refractivity contribution < 1.29 is 4.52 Å². The molecule has 2 heterocycles. The summed E-state index contributed by atoms with van der Waals surface area (Å²) in [4.78, 5) is 9.23. The van der Waals surface area contributed by atoms with Gasteiger partial charge in [-0.2, -0.15) is 4.98 Å². The van der Waals surface area contributed by atoms with Crippen molar-refractivity contribution in [2.24, 2.45) is 0 Å². The van der Waals surface area contributed by atoms with Crippen LogP contribution in [0.25, 0.3) is 0 Å². The standard InChI is InChI=1S/C13H25N5O/c1-5-14-10(2)13-15-12(16-19-13)8-11-9-17(3)6-7-18(11)4/h10-11,14H,5-9H2,1-4H3. The lowest BCUT2D eigenvalue weighted by molar-refractivity contribution is 0.113. The van der Waals surface area contributed by atoms with Gasteiger partial charge in [-0.1, -0.05) is 12.1 Å². The van der Waals surface area contributed by atoms with Crippen molar-refractivity contribution in [2.45, 2.75) is 32.4 Å². The molecule has 6 heteroatoms. The molecule has 1 aliphatic rings. The highest BCUT2D eigenvalue weighted by Crippen LogP contribution is 2.13. The van der Waals surface area contributed by atoms with Gasteiger partial charge in [0.25, 0.3) is 0 Å². The summed E-state index contributed by atoms with van der Waals surface area (Å²) < 4.78 is 5.33. The van der Waals surface area contributed by atoms with E-state index in [4.69, 9.17) is 4.52 Å². The quantitative estimate of drug-likeness (QED) is 0.840. The molecule has 0 radical (unpaired) electrons. The second kappa shape index (κ2) is 6.45. The first kappa shape index (κ1) is 14.4. The number of likely N-dealkylation sites (N-methyl/N-ethyl adjacent to an activating group) is 2. The van der Waals surface area contributed by atoms with Crippen molar-refractivity contribution in [2.75, 3.05) is 40.3 Å². The van der Waals surface area contributed by atoms with Gasteiger partial charge in [-0.15, -0.1) is 0 Å². The Bertz CT molecular complexity index is 394. The molecule has 1 aliphatic heterocycles. The molecule has 0 spiro atoms. The van der Waals surface area contributed by atoms with E-state index in [1.807, 2.05) is 6.92 Å². The number of piperazine rings is 1. The first-order chi connectivity index (χ1) is 9.10. The fourth-order valence-electron chi connectivity index (χ4n) is 2.45. The largest absolute Gasteiger partial charge is 0.338 e. The zero-order valence-electron chi connectivity index (χ0n) is 12.4. The third kappa shape index (κ3) is 3.75. The first-order valence-electron chi connectivity index (χ1n) is 7.04. The Morgan fingerprint density at radius 3 is 2.95 bits per heavy atom. The van der Waals surface area contributed by atoms with E-state index in [9.17, 15) is 0 Å². The van der Waals surface area contributed by atoms with Gasteiger partial charge in [-0.25, -0.2) is 0 Å². The molecule has 1 saturated heterocycles. The van der Waals surface area contributed by atoms with Gasteiger partial charge in [-0.05, 0) is 27.6 Å². The Hall–Kier alpha value is -0.980. The third-order valence-corrected chi connectivity index (χ3v) is 3.76. The molecular formula is C13H25N5O. The van der Waals surface area contributed by atoms with Crippen molar-refractivity contribution in [1.29, 1.82) is 0 Å². The summed E-state index contributed by atoms with van der Waals surface area (Å²) in [7, 11) is 4.33. The number of nitrogens with one attached hydrogen (secondary N) is 1. The Morgan fingerprint density at radius 1 is 1.42 bits per heavy atom. The predicted molar refractivity (Wildman–Crippen MR) is 74.0 cm³/mol. The zero-order valence-corrected chi connectivity index (χ0v) is 12.4. The van der Waals surface area contributed by atoms with Gasteiger partial charge in [0.2, 0.25) is 5.89 Å². The Kier molecular flexibility index (Phi) is 4.90. The molecule has 1 fully saturated rings. The highest BCUT2D eigenvalue weighted by atomic mass is 16.5. The van der Waals surface area contributed by atoms with E-state index in [2.05, 4.69) is 46.3 Å². The molecule has 108 valence electrons. The lowest BCUT2D eigenvalue weighted by Crippen LogP contribution is -2.50. The van der Waals surface area contributed by atoms with Crippen LogP contribution in [-0.4, -0.2) is 66.3 Å². The van der Waals surface area contributed by atoms with E-state index in [-0.39, 0.29) is 6.04 Å². The Morgan fingerprint density at radius 2 is 2.21 bits per heavy atom. The summed E-state index contributed by atoms with van der Waals surface area (Å²) >= 11 is 0. The van der Waals surface area contributed by atoms with Gasteiger partial charge in [0.15, 0.2) is 5.82 Å². The van der Waals surface area contributed by atoms with Gasteiger partial charge in [-0.3, -0.25) is 0 Å². The molecule has 6 nitrogen and oxygen atoms in total. The van der Waals surface area contributed by atoms with E-state index in [0.29, 0.717) is 11.9 Å². The van der Waals surface area contributed by atoms with Crippen LogP contribution in [0.2, 0.25) is 0 Å². The number of hydrogen-bond donors (Lipinski definition) is 1. The number of hydrogen-bond acceptors (Lipinski definition) is 6. The van der Waals surface area contributed by atoms with Crippen LogP contribution in [0.1, 0.15) is 31.6 Å². The summed E-state index contributed by atoms with van der Waals surface area (Å²) in [5, 5.41) is 7.38. The summed E-state index contributed by atoms with van der Waals surface area (Å²) in [6, 6.07) is 0.594. The minimum atomic E-state index is 0.123. The van der Waals surface area contributed by atoms with E-state index in [1.54, 1.807) is 0 Å². The monoisotopic (exact) mass is 267 g/mol. The molecule has 1 aromatic rings. The molecule has 2 rings (SSSR count). The zero-order chi connectivity index (χ0) is 13.8. The van der Waals surface area contributed by atoms with Crippen LogP contribution in [0.15, 0.2) is 4.52 Å². The van der Waals surface area contributed by atoms with E-state index in [1.165, 1.54) is 0 Å². The van der Waals surface area contributed by atoms with E-state index >= 15 is 0 Å². The maximum Gasteiger partial charge on any atom is 0.243 e. The van der Waals surface area contributed by atoms with Crippen LogP contribution in [-0.2, 0) is 6.42 Å². The van der Waals surface area contributed by atoms with Gasteiger partial charge in [0, 0.05) is 32.1 Å². The highest BCUT2D eigenvalue weighted by molar-refractivity contribution is 4.95. The van der Waals surface area contributed by atoms with Gasteiger partial charge >= 0.3 is 0 Å². The van der Waals surface area contributed by atoms with Crippen LogP contribution >= 0.6 is 0 Å². The lowest BCUT2D eigenvalue weighted by Gasteiger charge is -2.37. The second-order valence-electron chi connectivity index (χ2n) is 5.43. The summed E-state index contributed by atoms with van der Waals surface area (Å²) in [6.07, 6.45) is 0.850. The molecule has 0 amide bonds. The molecule has 1 aromatic heterocycles. The fourth-order valence-corrected chi connectivity index (χ4v) is 2.45. The van der Waals surface area contributed by atoms with Crippen molar-refractivity contribution >= 4 is 0 Å². The first-order valence-corrected chi connectivity index (χ1v) is 7.04.